The third-order valence-electron chi connectivity index (χ3n) is 4.83. The Labute approximate surface area is 176 Å². The Hall–Kier alpha value is -3.02. The van der Waals surface area contributed by atoms with Gasteiger partial charge in [-0.1, -0.05) is 18.2 Å². The van der Waals surface area contributed by atoms with Gasteiger partial charge in [-0.2, -0.15) is 0 Å². The van der Waals surface area contributed by atoms with Crippen LogP contribution in [0.2, 0.25) is 0 Å². The molecule has 1 unspecified atom stereocenters. The largest absolute Gasteiger partial charge is 0.488 e. The highest BCUT2D eigenvalue weighted by molar-refractivity contribution is 5.87. The minimum absolute atomic E-state index is 0.00180. The van der Waals surface area contributed by atoms with Crippen molar-refractivity contribution in [2.24, 2.45) is 0 Å². The molecule has 5 N–H and O–H groups in total. The summed E-state index contributed by atoms with van der Waals surface area (Å²) < 4.78 is 16.5. The molecule has 2 aromatic rings. The predicted octanol–water partition coefficient (Wildman–Crippen LogP) is -0.0450. The zero-order chi connectivity index (χ0) is 22.5. The van der Waals surface area contributed by atoms with Crippen LogP contribution in [0.15, 0.2) is 42.5 Å². The molecule has 1 aliphatic heterocycles. The predicted molar refractivity (Wildman–Crippen MR) is 104 cm³/mol. The lowest BCUT2D eigenvalue weighted by molar-refractivity contribution is -0.277. The fourth-order valence-corrected chi connectivity index (χ4v) is 3.06. The van der Waals surface area contributed by atoms with E-state index in [9.17, 15) is 30.0 Å². The monoisotopic (exact) mass is 434 g/mol. The van der Waals surface area contributed by atoms with E-state index in [4.69, 9.17) is 19.3 Å². The van der Waals surface area contributed by atoms with Gasteiger partial charge in [0.15, 0.2) is 6.29 Å². The Morgan fingerprint density at radius 3 is 2.29 bits per heavy atom. The van der Waals surface area contributed by atoms with Gasteiger partial charge in [-0.15, -0.1) is 0 Å². The molecular weight excluding hydrogens is 412 g/mol. The number of aromatic carboxylic acids is 1. The summed E-state index contributed by atoms with van der Waals surface area (Å²) >= 11 is 0. The van der Waals surface area contributed by atoms with Crippen LogP contribution in [-0.4, -0.2) is 75.1 Å². The molecule has 1 heterocycles. The van der Waals surface area contributed by atoms with E-state index in [1.54, 1.807) is 12.1 Å². The summed E-state index contributed by atoms with van der Waals surface area (Å²) in [7, 11) is 0. The summed E-state index contributed by atoms with van der Waals surface area (Å²) in [6.45, 7) is -0.570. The molecule has 10 nitrogen and oxygen atoms in total. The molecule has 2 aromatic carbocycles. The number of ether oxygens (including phenoxy) is 3. The molecule has 5 atom stereocenters. The van der Waals surface area contributed by atoms with Gasteiger partial charge in [0.2, 0.25) is 6.29 Å². The number of hydrogen-bond donors (Lipinski definition) is 5. The van der Waals surface area contributed by atoms with Gasteiger partial charge < -0.3 is 39.7 Å². The smallest absolute Gasteiger partial charge is 0.335 e. The fraction of sp³-hybridized carbons (Fsp3) is 0.333. The standard InChI is InChI=1S/C21H22O10/c22-8-13-14(29-10-11-4-6-12(7-5-11)20(27)28)2-1-3-15(13)30-21-19(26)18(25)17(24)16(9-23)31-21/h1-8,16-19,21,23-26H,9-10H2,(H,27,28)/t16-,17-,18+,19-,21?/m1/s1. The fourth-order valence-electron chi connectivity index (χ4n) is 3.06. The molecule has 1 fully saturated rings. The second kappa shape index (κ2) is 9.86. The van der Waals surface area contributed by atoms with Crippen LogP contribution in [-0.2, 0) is 11.3 Å². The summed E-state index contributed by atoms with van der Waals surface area (Å²) in [6.07, 6.45) is -6.90. The summed E-state index contributed by atoms with van der Waals surface area (Å²) in [5.41, 5.74) is 0.816. The van der Waals surface area contributed by atoms with E-state index in [1.165, 1.54) is 30.3 Å². The van der Waals surface area contributed by atoms with Gasteiger partial charge in [0.25, 0.3) is 0 Å². The highest BCUT2D eigenvalue weighted by Gasteiger charge is 2.44. The van der Waals surface area contributed by atoms with Crippen molar-refractivity contribution in [2.45, 2.75) is 37.3 Å². The van der Waals surface area contributed by atoms with Crippen LogP contribution in [0, 0.1) is 0 Å². The molecule has 1 aliphatic rings. The molecule has 0 saturated carbocycles. The first-order chi connectivity index (χ1) is 14.8. The molecule has 0 spiro atoms. The Balaban J connectivity index is 1.75. The lowest BCUT2D eigenvalue weighted by Gasteiger charge is -2.39. The Kier molecular flexibility index (Phi) is 7.21. The first-order valence-corrected chi connectivity index (χ1v) is 9.36. The maximum Gasteiger partial charge on any atom is 0.335 e. The molecule has 3 rings (SSSR count). The Morgan fingerprint density at radius 2 is 1.68 bits per heavy atom. The van der Waals surface area contributed by atoms with E-state index in [-0.39, 0.29) is 29.2 Å². The molecule has 31 heavy (non-hydrogen) atoms. The minimum atomic E-state index is -1.63. The molecule has 10 heteroatoms. The summed E-state index contributed by atoms with van der Waals surface area (Å²) in [4.78, 5) is 22.6. The molecule has 0 aromatic heterocycles. The number of aliphatic hydroxyl groups excluding tert-OH is 4. The van der Waals surface area contributed by atoms with Gasteiger partial charge in [-0.3, -0.25) is 4.79 Å². The van der Waals surface area contributed by atoms with Gasteiger partial charge in [-0.05, 0) is 29.8 Å². The SMILES string of the molecule is O=Cc1c(OCc2ccc(C(=O)O)cc2)cccc1OC1O[C@H](CO)[C@@H](O)[C@H](O)[C@H]1O. The molecule has 0 aliphatic carbocycles. The van der Waals surface area contributed by atoms with Gasteiger partial charge in [0.05, 0.1) is 17.7 Å². The maximum absolute atomic E-state index is 11.7. The van der Waals surface area contributed by atoms with E-state index >= 15 is 0 Å². The molecule has 0 bridgehead atoms. The van der Waals surface area contributed by atoms with Crippen LogP contribution < -0.4 is 9.47 Å². The van der Waals surface area contributed by atoms with Crippen molar-refractivity contribution in [1.82, 2.24) is 0 Å². The highest BCUT2D eigenvalue weighted by Crippen LogP contribution is 2.31. The topological polar surface area (TPSA) is 163 Å². The number of carboxylic acid groups (broad SMARTS) is 1. The first-order valence-electron chi connectivity index (χ1n) is 9.36. The molecular formula is C21H22O10. The van der Waals surface area contributed by atoms with Gasteiger partial charge in [0, 0.05) is 0 Å². The lowest BCUT2D eigenvalue weighted by atomic mass is 9.99. The van der Waals surface area contributed by atoms with Crippen LogP contribution in [0.1, 0.15) is 26.3 Å². The average Bonchev–Trinajstić information content (AvgIpc) is 2.78. The van der Waals surface area contributed by atoms with Crippen molar-refractivity contribution < 1.29 is 49.3 Å². The van der Waals surface area contributed by atoms with Crippen LogP contribution in [0.5, 0.6) is 11.5 Å². The average molecular weight is 434 g/mol. The van der Waals surface area contributed by atoms with Crippen LogP contribution in [0.4, 0.5) is 0 Å². The van der Waals surface area contributed by atoms with E-state index in [0.717, 1.165) is 0 Å². The number of carboxylic acids is 1. The van der Waals surface area contributed by atoms with Crippen molar-refractivity contribution in [2.75, 3.05) is 6.61 Å². The normalized spacial score (nSPS) is 25.6. The third-order valence-corrected chi connectivity index (χ3v) is 4.83. The third kappa shape index (κ3) is 5.01. The number of benzene rings is 2. The number of rotatable bonds is 8. The van der Waals surface area contributed by atoms with Crippen LogP contribution >= 0.6 is 0 Å². The number of aldehydes is 1. The number of carbonyl (C=O) groups excluding carboxylic acids is 1. The number of carbonyl (C=O) groups is 2. The van der Waals surface area contributed by atoms with Gasteiger partial charge >= 0.3 is 5.97 Å². The minimum Gasteiger partial charge on any atom is -0.488 e. The van der Waals surface area contributed by atoms with E-state index in [2.05, 4.69) is 0 Å². The highest BCUT2D eigenvalue weighted by atomic mass is 16.7. The van der Waals surface area contributed by atoms with Gasteiger partial charge in [0.1, 0.15) is 42.5 Å². The van der Waals surface area contributed by atoms with Crippen molar-refractivity contribution >= 4 is 12.3 Å². The van der Waals surface area contributed by atoms with Crippen LogP contribution in [0.25, 0.3) is 0 Å². The molecule has 166 valence electrons. The lowest BCUT2D eigenvalue weighted by Crippen LogP contribution is -2.60. The van der Waals surface area contributed by atoms with E-state index < -0.39 is 43.3 Å². The Bertz CT molecular complexity index is 911. The maximum atomic E-state index is 11.7. The summed E-state index contributed by atoms with van der Waals surface area (Å²) in [5.74, 6) is -0.883. The number of hydrogen-bond acceptors (Lipinski definition) is 9. The van der Waals surface area contributed by atoms with E-state index in [1.807, 2.05) is 0 Å². The quantitative estimate of drug-likeness (QED) is 0.356. The number of aliphatic hydroxyl groups is 4. The molecule has 0 amide bonds. The summed E-state index contributed by atoms with van der Waals surface area (Å²) in [6, 6.07) is 10.5. The first kappa shape index (κ1) is 22.7. The second-order valence-electron chi connectivity index (χ2n) is 6.89. The van der Waals surface area contributed by atoms with Crippen molar-refractivity contribution in [3.63, 3.8) is 0 Å². The molecule has 0 radical (unpaired) electrons. The zero-order valence-electron chi connectivity index (χ0n) is 16.2. The summed E-state index contributed by atoms with van der Waals surface area (Å²) in [5, 5.41) is 48.1. The zero-order valence-corrected chi connectivity index (χ0v) is 16.2. The van der Waals surface area contributed by atoms with Crippen molar-refractivity contribution in [1.29, 1.82) is 0 Å². The van der Waals surface area contributed by atoms with Crippen LogP contribution in [0.3, 0.4) is 0 Å². The van der Waals surface area contributed by atoms with Crippen molar-refractivity contribution in [3.05, 3.63) is 59.2 Å². The van der Waals surface area contributed by atoms with E-state index in [0.29, 0.717) is 11.8 Å². The van der Waals surface area contributed by atoms with Crippen molar-refractivity contribution in [3.8, 4) is 11.5 Å². The second-order valence-corrected chi connectivity index (χ2v) is 6.89. The van der Waals surface area contributed by atoms with Gasteiger partial charge in [-0.25, -0.2) is 4.79 Å². The molecule has 1 saturated heterocycles. The Morgan fingerprint density at radius 1 is 1.00 bits per heavy atom.